The van der Waals surface area contributed by atoms with E-state index in [2.05, 4.69) is 20.9 Å². The number of hydrogen-bond donors (Lipinski definition) is 0. The number of halogens is 2. The molecule has 0 aliphatic heterocycles. The molecule has 1 heterocycles. The average molecular weight is 317 g/mol. The second-order valence-electron chi connectivity index (χ2n) is 4.09. The Morgan fingerprint density at radius 2 is 1.84 bits per heavy atom. The van der Waals surface area contributed by atoms with Crippen LogP contribution in [0.4, 0.5) is 4.39 Å². The highest BCUT2D eigenvalue weighted by molar-refractivity contribution is 9.10. The SMILES string of the molecule is Fc1cc(-n2ccnc2-c2ccccc2)ccc1Br. The molecule has 19 heavy (non-hydrogen) atoms. The fourth-order valence-electron chi connectivity index (χ4n) is 1.95. The first-order valence-corrected chi connectivity index (χ1v) is 6.59. The highest BCUT2D eigenvalue weighted by Gasteiger charge is 2.08. The predicted octanol–water partition coefficient (Wildman–Crippen LogP) is 4.44. The van der Waals surface area contributed by atoms with Crippen molar-refractivity contribution in [3.05, 3.63) is 71.2 Å². The Bertz CT molecular complexity index is 707. The highest BCUT2D eigenvalue weighted by Crippen LogP contribution is 2.24. The van der Waals surface area contributed by atoms with Crippen molar-refractivity contribution in [2.75, 3.05) is 0 Å². The zero-order valence-electron chi connectivity index (χ0n) is 9.92. The van der Waals surface area contributed by atoms with Crippen LogP contribution in [0.5, 0.6) is 0 Å². The van der Waals surface area contributed by atoms with E-state index in [0.717, 1.165) is 17.1 Å². The molecular weight excluding hydrogens is 307 g/mol. The fourth-order valence-corrected chi connectivity index (χ4v) is 2.19. The first-order chi connectivity index (χ1) is 9.25. The minimum absolute atomic E-state index is 0.287. The zero-order valence-corrected chi connectivity index (χ0v) is 11.5. The number of rotatable bonds is 2. The molecule has 1 aromatic heterocycles. The van der Waals surface area contributed by atoms with Gasteiger partial charge in [-0.25, -0.2) is 9.37 Å². The Balaban J connectivity index is 2.12. The van der Waals surface area contributed by atoms with E-state index in [-0.39, 0.29) is 5.82 Å². The molecule has 94 valence electrons. The highest BCUT2D eigenvalue weighted by atomic mass is 79.9. The van der Waals surface area contributed by atoms with E-state index in [9.17, 15) is 4.39 Å². The van der Waals surface area contributed by atoms with Crippen LogP contribution in [0.3, 0.4) is 0 Å². The van der Waals surface area contributed by atoms with Gasteiger partial charge in [-0.2, -0.15) is 0 Å². The zero-order chi connectivity index (χ0) is 13.2. The van der Waals surface area contributed by atoms with Crippen LogP contribution in [-0.4, -0.2) is 9.55 Å². The third-order valence-electron chi connectivity index (χ3n) is 2.85. The Morgan fingerprint density at radius 3 is 2.58 bits per heavy atom. The second kappa shape index (κ2) is 4.97. The smallest absolute Gasteiger partial charge is 0.144 e. The molecule has 2 nitrogen and oxygen atoms in total. The summed E-state index contributed by atoms with van der Waals surface area (Å²) in [5.74, 6) is 0.507. The van der Waals surface area contributed by atoms with Crippen molar-refractivity contribution in [2.45, 2.75) is 0 Å². The van der Waals surface area contributed by atoms with Crippen LogP contribution in [0.15, 0.2) is 65.4 Å². The molecule has 3 rings (SSSR count). The van der Waals surface area contributed by atoms with Gasteiger partial charge in [-0.05, 0) is 34.1 Å². The van der Waals surface area contributed by atoms with Gasteiger partial charge in [0.05, 0.1) is 10.2 Å². The molecule has 2 aromatic carbocycles. The standard InChI is InChI=1S/C15H10BrFN2/c16-13-7-6-12(10-14(13)17)19-9-8-18-15(19)11-4-2-1-3-5-11/h1-10H. The van der Waals surface area contributed by atoms with Crippen LogP contribution in [0.25, 0.3) is 17.1 Å². The topological polar surface area (TPSA) is 17.8 Å². The normalized spacial score (nSPS) is 10.6. The number of nitrogens with zero attached hydrogens (tertiary/aromatic N) is 2. The molecule has 0 saturated heterocycles. The molecule has 3 aromatic rings. The van der Waals surface area contributed by atoms with Gasteiger partial charge < -0.3 is 0 Å². The fraction of sp³-hybridized carbons (Fsp3) is 0. The Morgan fingerprint density at radius 1 is 1.05 bits per heavy atom. The third-order valence-corrected chi connectivity index (χ3v) is 3.50. The Labute approximate surface area is 118 Å². The molecule has 0 spiro atoms. The summed E-state index contributed by atoms with van der Waals surface area (Å²) in [7, 11) is 0. The maximum absolute atomic E-state index is 13.6. The van der Waals surface area contributed by atoms with Crippen molar-refractivity contribution in [1.82, 2.24) is 9.55 Å². The van der Waals surface area contributed by atoms with Gasteiger partial charge in [0.25, 0.3) is 0 Å². The van der Waals surface area contributed by atoms with Crippen LogP contribution < -0.4 is 0 Å². The van der Waals surface area contributed by atoms with Crippen LogP contribution in [0.2, 0.25) is 0 Å². The summed E-state index contributed by atoms with van der Waals surface area (Å²) in [5.41, 5.74) is 1.74. The summed E-state index contributed by atoms with van der Waals surface area (Å²) < 4.78 is 15.9. The van der Waals surface area contributed by atoms with Crippen molar-refractivity contribution in [1.29, 1.82) is 0 Å². The van der Waals surface area contributed by atoms with Gasteiger partial charge in [0.1, 0.15) is 11.6 Å². The van der Waals surface area contributed by atoms with Crippen molar-refractivity contribution in [3.63, 3.8) is 0 Å². The van der Waals surface area contributed by atoms with E-state index in [1.165, 1.54) is 6.07 Å². The van der Waals surface area contributed by atoms with Gasteiger partial charge in [0, 0.05) is 18.0 Å². The van der Waals surface area contributed by atoms with Gasteiger partial charge in [-0.1, -0.05) is 30.3 Å². The monoisotopic (exact) mass is 316 g/mol. The molecule has 0 N–H and O–H groups in total. The quantitative estimate of drug-likeness (QED) is 0.683. The molecule has 0 bridgehead atoms. The second-order valence-corrected chi connectivity index (χ2v) is 4.94. The molecule has 0 amide bonds. The Kier molecular flexibility index (Phi) is 3.17. The summed E-state index contributed by atoms with van der Waals surface area (Å²) in [6.07, 6.45) is 3.54. The van der Waals surface area contributed by atoms with Gasteiger partial charge in [0.2, 0.25) is 0 Å². The number of hydrogen-bond acceptors (Lipinski definition) is 1. The summed E-state index contributed by atoms with van der Waals surface area (Å²) in [6, 6.07) is 14.9. The molecule has 0 saturated carbocycles. The summed E-state index contributed by atoms with van der Waals surface area (Å²) in [5, 5.41) is 0. The minimum Gasteiger partial charge on any atom is -0.300 e. The van der Waals surface area contributed by atoms with E-state index in [1.54, 1.807) is 12.3 Å². The lowest BCUT2D eigenvalue weighted by Gasteiger charge is -2.08. The average Bonchev–Trinajstić information content (AvgIpc) is 2.92. The molecular formula is C15H10BrFN2. The maximum Gasteiger partial charge on any atom is 0.144 e. The van der Waals surface area contributed by atoms with Gasteiger partial charge in [0.15, 0.2) is 0 Å². The van der Waals surface area contributed by atoms with E-state index < -0.39 is 0 Å². The third kappa shape index (κ3) is 2.31. The molecule has 0 aliphatic rings. The minimum atomic E-state index is -0.287. The van der Waals surface area contributed by atoms with Crippen molar-refractivity contribution in [2.24, 2.45) is 0 Å². The summed E-state index contributed by atoms with van der Waals surface area (Å²) in [4.78, 5) is 4.34. The predicted molar refractivity (Wildman–Crippen MR) is 76.7 cm³/mol. The van der Waals surface area contributed by atoms with E-state index in [1.807, 2.05) is 47.2 Å². The molecule has 0 atom stereocenters. The van der Waals surface area contributed by atoms with Crippen molar-refractivity contribution >= 4 is 15.9 Å². The van der Waals surface area contributed by atoms with Gasteiger partial charge in [-0.15, -0.1) is 0 Å². The number of aromatic nitrogens is 2. The first-order valence-electron chi connectivity index (χ1n) is 5.80. The van der Waals surface area contributed by atoms with Gasteiger partial charge in [-0.3, -0.25) is 4.57 Å². The lowest BCUT2D eigenvalue weighted by atomic mass is 10.2. The summed E-state index contributed by atoms with van der Waals surface area (Å²) in [6.45, 7) is 0. The van der Waals surface area contributed by atoms with Crippen LogP contribution >= 0.6 is 15.9 Å². The lowest BCUT2D eigenvalue weighted by molar-refractivity contribution is 0.620. The molecule has 0 radical (unpaired) electrons. The number of imidazole rings is 1. The van der Waals surface area contributed by atoms with Crippen molar-refractivity contribution in [3.8, 4) is 17.1 Å². The molecule has 0 fully saturated rings. The molecule has 0 aliphatic carbocycles. The van der Waals surface area contributed by atoms with Crippen LogP contribution in [0, 0.1) is 5.82 Å². The lowest BCUT2D eigenvalue weighted by Crippen LogP contribution is -1.97. The molecule has 4 heteroatoms. The first kappa shape index (κ1) is 12.1. The van der Waals surface area contributed by atoms with E-state index >= 15 is 0 Å². The Hall–Kier alpha value is -1.94. The summed E-state index contributed by atoms with van der Waals surface area (Å²) >= 11 is 3.16. The van der Waals surface area contributed by atoms with Gasteiger partial charge >= 0.3 is 0 Å². The molecule has 0 unspecified atom stereocenters. The van der Waals surface area contributed by atoms with Crippen LogP contribution in [0.1, 0.15) is 0 Å². The van der Waals surface area contributed by atoms with Crippen molar-refractivity contribution < 1.29 is 4.39 Å². The van der Waals surface area contributed by atoms with E-state index in [0.29, 0.717) is 4.47 Å². The van der Waals surface area contributed by atoms with Crippen LogP contribution in [-0.2, 0) is 0 Å². The largest absolute Gasteiger partial charge is 0.300 e. The maximum atomic E-state index is 13.6. The van der Waals surface area contributed by atoms with E-state index in [4.69, 9.17) is 0 Å². The number of benzene rings is 2.